The third-order valence-corrected chi connectivity index (χ3v) is 3.55. The first-order chi connectivity index (χ1) is 9.75. The summed E-state index contributed by atoms with van der Waals surface area (Å²) in [4.78, 5) is 25.7. The summed E-state index contributed by atoms with van der Waals surface area (Å²) in [7, 11) is 0. The van der Waals surface area contributed by atoms with Gasteiger partial charge in [-0.1, -0.05) is 30.3 Å². The minimum atomic E-state index is 0.00454. The fraction of sp³-hybridized carbons (Fsp3) is 0.176. The average Bonchev–Trinajstić information content (AvgIpc) is 2.94. The van der Waals surface area contributed by atoms with Crippen LogP contribution < -0.4 is 4.90 Å². The lowest BCUT2D eigenvalue weighted by Crippen LogP contribution is -2.23. The maximum absolute atomic E-state index is 12.3. The van der Waals surface area contributed by atoms with Crippen molar-refractivity contribution in [3.63, 3.8) is 0 Å². The van der Waals surface area contributed by atoms with Gasteiger partial charge in [-0.3, -0.25) is 9.59 Å². The summed E-state index contributed by atoms with van der Waals surface area (Å²) in [5, 5.41) is 0. The number of hydrogen-bond acceptors (Lipinski definition) is 2. The van der Waals surface area contributed by atoms with Gasteiger partial charge in [-0.05, 0) is 30.7 Å². The molecule has 0 N–H and O–H groups in total. The number of anilines is 1. The van der Waals surface area contributed by atoms with Crippen molar-refractivity contribution in [2.45, 2.75) is 12.8 Å². The Morgan fingerprint density at radius 2 is 1.55 bits per heavy atom. The zero-order valence-electron chi connectivity index (χ0n) is 11.1. The van der Waals surface area contributed by atoms with E-state index in [1.165, 1.54) is 0 Å². The number of carbonyl (C=O) groups excluding carboxylic acids is 2. The summed E-state index contributed by atoms with van der Waals surface area (Å²) in [6, 6.07) is 16.5. The Balaban J connectivity index is 1.83. The van der Waals surface area contributed by atoms with Gasteiger partial charge in [0.15, 0.2) is 5.78 Å². The van der Waals surface area contributed by atoms with Crippen LogP contribution in [0.4, 0.5) is 5.69 Å². The van der Waals surface area contributed by atoms with Crippen molar-refractivity contribution in [2.75, 3.05) is 11.4 Å². The molecule has 1 aliphatic heterocycles. The Bertz CT molecular complexity index is 632. The molecule has 1 fully saturated rings. The highest BCUT2D eigenvalue weighted by molar-refractivity contribution is 6.09. The molecular formula is C17H15NO2. The molecule has 1 aliphatic rings. The Morgan fingerprint density at radius 3 is 2.15 bits per heavy atom. The van der Waals surface area contributed by atoms with Gasteiger partial charge in [0.1, 0.15) is 0 Å². The lowest BCUT2D eigenvalue weighted by atomic mass is 10.0. The number of ketones is 1. The SMILES string of the molecule is O=C(c1ccccc1)c1ccc(N2CCCC2=O)cc1. The zero-order valence-corrected chi connectivity index (χ0v) is 11.1. The molecule has 2 aromatic rings. The van der Waals surface area contributed by atoms with Crippen LogP contribution in [0.3, 0.4) is 0 Å². The molecule has 100 valence electrons. The van der Waals surface area contributed by atoms with Crippen LogP contribution in [0.1, 0.15) is 28.8 Å². The van der Waals surface area contributed by atoms with Crippen molar-refractivity contribution in [3.05, 3.63) is 65.7 Å². The molecule has 2 aromatic carbocycles. The van der Waals surface area contributed by atoms with E-state index in [1.54, 1.807) is 29.2 Å². The van der Waals surface area contributed by atoms with Gasteiger partial charge in [0.25, 0.3) is 0 Å². The summed E-state index contributed by atoms with van der Waals surface area (Å²) >= 11 is 0. The fourth-order valence-electron chi connectivity index (χ4n) is 2.47. The highest BCUT2D eigenvalue weighted by Crippen LogP contribution is 2.22. The smallest absolute Gasteiger partial charge is 0.227 e. The third kappa shape index (κ3) is 2.35. The van der Waals surface area contributed by atoms with E-state index in [9.17, 15) is 9.59 Å². The van der Waals surface area contributed by atoms with E-state index < -0.39 is 0 Å². The van der Waals surface area contributed by atoms with Crippen molar-refractivity contribution in [1.82, 2.24) is 0 Å². The minimum Gasteiger partial charge on any atom is -0.312 e. The molecule has 3 nitrogen and oxygen atoms in total. The monoisotopic (exact) mass is 265 g/mol. The maximum Gasteiger partial charge on any atom is 0.227 e. The van der Waals surface area contributed by atoms with Gasteiger partial charge >= 0.3 is 0 Å². The van der Waals surface area contributed by atoms with Gasteiger partial charge in [0.2, 0.25) is 5.91 Å². The van der Waals surface area contributed by atoms with Crippen LogP contribution in [0.15, 0.2) is 54.6 Å². The second-order valence-electron chi connectivity index (χ2n) is 4.89. The molecule has 0 unspecified atom stereocenters. The highest BCUT2D eigenvalue weighted by atomic mass is 16.2. The van der Waals surface area contributed by atoms with Gasteiger partial charge < -0.3 is 4.90 Å². The predicted molar refractivity (Wildman–Crippen MR) is 77.9 cm³/mol. The quantitative estimate of drug-likeness (QED) is 0.800. The number of rotatable bonds is 3. The largest absolute Gasteiger partial charge is 0.312 e. The number of amides is 1. The van der Waals surface area contributed by atoms with Crippen molar-refractivity contribution < 1.29 is 9.59 Å². The standard InChI is InChI=1S/C17H15NO2/c19-16-7-4-12-18(16)15-10-8-14(9-11-15)17(20)13-5-2-1-3-6-13/h1-3,5-6,8-11H,4,7,12H2. The summed E-state index contributed by atoms with van der Waals surface area (Å²) in [6.45, 7) is 0.769. The lowest BCUT2D eigenvalue weighted by molar-refractivity contribution is -0.117. The molecule has 0 saturated carbocycles. The van der Waals surface area contributed by atoms with Gasteiger partial charge in [0.05, 0.1) is 0 Å². The predicted octanol–water partition coefficient (Wildman–Crippen LogP) is 3.04. The normalized spacial score (nSPS) is 14.6. The van der Waals surface area contributed by atoms with Crippen LogP contribution in [0.5, 0.6) is 0 Å². The van der Waals surface area contributed by atoms with E-state index in [0.717, 1.165) is 18.7 Å². The van der Waals surface area contributed by atoms with E-state index >= 15 is 0 Å². The molecular weight excluding hydrogens is 250 g/mol. The van der Waals surface area contributed by atoms with E-state index in [-0.39, 0.29) is 11.7 Å². The molecule has 1 saturated heterocycles. The van der Waals surface area contributed by atoms with Crippen molar-refractivity contribution in [2.24, 2.45) is 0 Å². The molecule has 3 rings (SSSR count). The number of benzene rings is 2. The second kappa shape index (κ2) is 5.29. The number of nitrogens with zero attached hydrogens (tertiary/aromatic N) is 1. The van der Waals surface area contributed by atoms with E-state index in [4.69, 9.17) is 0 Å². The molecule has 1 heterocycles. The molecule has 0 aromatic heterocycles. The van der Waals surface area contributed by atoms with E-state index in [1.807, 2.05) is 30.3 Å². The number of hydrogen-bond donors (Lipinski definition) is 0. The van der Waals surface area contributed by atoms with Crippen LogP contribution in [-0.2, 0) is 4.79 Å². The van der Waals surface area contributed by atoms with Crippen molar-refractivity contribution >= 4 is 17.4 Å². The van der Waals surface area contributed by atoms with Crippen LogP contribution in [0.25, 0.3) is 0 Å². The zero-order chi connectivity index (χ0) is 13.9. The third-order valence-electron chi connectivity index (χ3n) is 3.55. The molecule has 3 heteroatoms. The highest BCUT2D eigenvalue weighted by Gasteiger charge is 2.21. The Kier molecular flexibility index (Phi) is 3.33. The summed E-state index contributed by atoms with van der Waals surface area (Å²) < 4.78 is 0. The van der Waals surface area contributed by atoms with E-state index in [0.29, 0.717) is 17.5 Å². The van der Waals surface area contributed by atoms with Gasteiger partial charge in [-0.15, -0.1) is 0 Å². The molecule has 1 amide bonds. The molecule has 0 radical (unpaired) electrons. The topological polar surface area (TPSA) is 37.4 Å². The van der Waals surface area contributed by atoms with Crippen molar-refractivity contribution in [1.29, 1.82) is 0 Å². The van der Waals surface area contributed by atoms with Gasteiger partial charge in [-0.25, -0.2) is 0 Å². The first-order valence-electron chi connectivity index (χ1n) is 6.76. The van der Waals surface area contributed by atoms with Gasteiger partial charge in [0, 0.05) is 29.8 Å². The molecule has 0 bridgehead atoms. The Hall–Kier alpha value is -2.42. The molecule has 20 heavy (non-hydrogen) atoms. The number of carbonyl (C=O) groups is 2. The van der Waals surface area contributed by atoms with Gasteiger partial charge in [-0.2, -0.15) is 0 Å². The molecule has 0 aliphatic carbocycles. The van der Waals surface area contributed by atoms with Crippen molar-refractivity contribution in [3.8, 4) is 0 Å². The van der Waals surface area contributed by atoms with Crippen LogP contribution in [0.2, 0.25) is 0 Å². The first kappa shape index (κ1) is 12.6. The Morgan fingerprint density at radius 1 is 0.900 bits per heavy atom. The summed E-state index contributed by atoms with van der Waals surface area (Å²) in [5.74, 6) is 0.164. The van der Waals surface area contributed by atoms with Crippen LogP contribution in [-0.4, -0.2) is 18.2 Å². The fourth-order valence-corrected chi connectivity index (χ4v) is 2.47. The summed E-state index contributed by atoms with van der Waals surface area (Å²) in [6.07, 6.45) is 1.52. The first-order valence-corrected chi connectivity index (χ1v) is 6.76. The second-order valence-corrected chi connectivity index (χ2v) is 4.89. The average molecular weight is 265 g/mol. The molecule has 0 spiro atoms. The maximum atomic E-state index is 12.3. The summed E-state index contributed by atoms with van der Waals surface area (Å²) in [5.41, 5.74) is 2.20. The van der Waals surface area contributed by atoms with Crippen LogP contribution in [0, 0.1) is 0 Å². The Labute approximate surface area is 117 Å². The van der Waals surface area contributed by atoms with Crippen LogP contribution >= 0.6 is 0 Å². The minimum absolute atomic E-state index is 0.00454. The van der Waals surface area contributed by atoms with E-state index in [2.05, 4.69) is 0 Å². The lowest BCUT2D eigenvalue weighted by Gasteiger charge is -2.15. The molecule has 0 atom stereocenters.